The third-order valence-electron chi connectivity index (χ3n) is 3.36. The molecule has 2 atom stereocenters. The molecular weight excluding hydrogens is 341 g/mol. The number of carbonyl (C=O) groups excluding carboxylic acids is 1. The fourth-order valence-corrected chi connectivity index (χ4v) is 4.41. The summed E-state index contributed by atoms with van der Waals surface area (Å²) >= 11 is 0.0391. The number of esters is 1. The number of nitrogens with one attached hydrogen (secondary N) is 1. The Kier molecular flexibility index (Phi) is 6.66. The van der Waals surface area contributed by atoms with E-state index in [2.05, 4.69) is 36.5 Å². The van der Waals surface area contributed by atoms with Gasteiger partial charge in [-0.3, -0.25) is 0 Å². The number of hydrogen-bond donors (Lipinski definition) is 1. The Balaban J connectivity index is 2.00. The van der Waals surface area contributed by atoms with Gasteiger partial charge in [0.25, 0.3) is 0 Å². The average molecular weight is 362 g/mol. The molecule has 0 bridgehead atoms. The van der Waals surface area contributed by atoms with Crippen molar-refractivity contribution in [3.8, 4) is 0 Å². The van der Waals surface area contributed by atoms with Crippen molar-refractivity contribution in [1.29, 1.82) is 0 Å². The first kappa shape index (κ1) is 16.8. The zero-order valence-electron chi connectivity index (χ0n) is 12.9. The molecule has 0 amide bonds. The first-order valence-corrected chi connectivity index (χ1v) is 9.12. The van der Waals surface area contributed by atoms with Crippen molar-refractivity contribution in [2.45, 2.75) is 24.3 Å². The monoisotopic (exact) mass is 363 g/mol. The molecule has 2 rings (SSSR count). The maximum atomic E-state index is 12.1. The van der Waals surface area contributed by atoms with E-state index < -0.39 is 0 Å². The van der Waals surface area contributed by atoms with Crippen molar-refractivity contribution in [1.82, 2.24) is 5.32 Å². The summed E-state index contributed by atoms with van der Waals surface area (Å²) in [6.07, 6.45) is 0. The first-order valence-electron chi connectivity index (χ1n) is 7.27. The van der Waals surface area contributed by atoms with Gasteiger partial charge in [-0.15, -0.1) is 0 Å². The number of hydrogen-bond acceptors (Lipinski definition) is 3. The Labute approximate surface area is 138 Å². The zero-order valence-corrected chi connectivity index (χ0v) is 14.6. The summed E-state index contributed by atoms with van der Waals surface area (Å²) in [7, 11) is 1.46. The summed E-state index contributed by atoms with van der Waals surface area (Å²) in [5, 5.41) is 3.45. The van der Waals surface area contributed by atoms with Gasteiger partial charge >= 0.3 is 138 Å². The fourth-order valence-electron chi connectivity index (χ4n) is 2.10. The second-order valence-corrected chi connectivity index (χ2v) is 7.58. The third-order valence-corrected chi connectivity index (χ3v) is 6.30. The summed E-state index contributed by atoms with van der Waals surface area (Å²) in [5.41, 5.74) is 1.21. The molecule has 2 aromatic rings. The van der Waals surface area contributed by atoms with Crippen LogP contribution in [0, 0.1) is 0 Å². The van der Waals surface area contributed by atoms with Crippen molar-refractivity contribution in [2.24, 2.45) is 0 Å². The van der Waals surface area contributed by atoms with Crippen LogP contribution in [0.15, 0.2) is 60.7 Å². The molecular formula is C18H21NO2Se. The van der Waals surface area contributed by atoms with E-state index in [-0.39, 0.29) is 31.8 Å². The van der Waals surface area contributed by atoms with Crippen LogP contribution in [0.3, 0.4) is 0 Å². The van der Waals surface area contributed by atoms with Crippen LogP contribution in [0.5, 0.6) is 0 Å². The Hall–Kier alpha value is -1.61. The van der Waals surface area contributed by atoms with Gasteiger partial charge < -0.3 is 0 Å². The molecule has 0 aromatic heterocycles. The Bertz CT molecular complexity index is 574. The Morgan fingerprint density at radius 2 is 1.68 bits per heavy atom. The van der Waals surface area contributed by atoms with Crippen LogP contribution in [0.25, 0.3) is 0 Å². The molecule has 22 heavy (non-hydrogen) atoms. The average Bonchev–Trinajstić information content (AvgIpc) is 2.58. The van der Waals surface area contributed by atoms with Crippen molar-refractivity contribution >= 4 is 25.4 Å². The molecule has 0 unspecified atom stereocenters. The molecule has 0 aliphatic rings. The topological polar surface area (TPSA) is 38.3 Å². The normalized spacial score (nSPS) is 13.4. The predicted octanol–water partition coefficient (Wildman–Crippen LogP) is 2.16. The van der Waals surface area contributed by atoms with E-state index >= 15 is 0 Å². The molecule has 3 nitrogen and oxygen atoms in total. The molecule has 0 fully saturated rings. The maximum absolute atomic E-state index is 12.1. The fraction of sp³-hybridized carbons (Fsp3) is 0.278. The van der Waals surface area contributed by atoms with E-state index in [4.69, 9.17) is 4.74 Å². The SMILES string of the molecule is COC(=O)[C@H]([Se]c1ccccc1)[C@H](C)NCc1ccccc1. The first-order chi connectivity index (χ1) is 10.7. The second-order valence-electron chi connectivity index (χ2n) is 5.03. The van der Waals surface area contributed by atoms with Crippen LogP contribution in [-0.2, 0) is 16.1 Å². The van der Waals surface area contributed by atoms with Crippen LogP contribution in [-0.4, -0.2) is 34.1 Å². The van der Waals surface area contributed by atoms with Gasteiger partial charge in [0.15, 0.2) is 0 Å². The van der Waals surface area contributed by atoms with Gasteiger partial charge in [-0.25, -0.2) is 0 Å². The number of ether oxygens (including phenoxy) is 1. The zero-order chi connectivity index (χ0) is 15.8. The molecule has 0 aliphatic heterocycles. The molecule has 2 aromatic carbocycles. The quantitative estimate of drug-likeness (QED) is 0.606. The van der Waals surface area contributed by atoms with E-state index in [0.29, 0.717) is 0 Å². The molecule has 0 aliphatic carbocycles. The van der Waals surface area contributed by atoms with E-state index in [1.54, 1.807) is 0 Å². The standard InChI is InChI=1S/C18H21NO2Se/c1-14(19-13-15-9-5-3-6-10-15)17(18(20)21-2)22-16-11-7-4-8-12-16/h3-12,14,17,19H,13H2,1-2H3/t14-,17+/m0/s1. The Morgan fingerprint density at radius 3 is 2.27 bits per heavy atom. The molecule has 0 saturated heterocycles. The number of rotatable bonds is 7. The molecule has 116 valence electrons. The Morgan fingerprint density at radius 1 is 1.09 bits per heavy atom. The molecule has 0 radical (unpaired) electrons. The van der Waals surface area contributed by atoms with Gasteiger partial charge in [-0.1, -0.05) is 0 Å². The minimum atomic E-state index is -0.142. The summed E-state index contributed by atoms with van der Waals surface area (Å²) in [5.74, 6) is -0.142. The number of benzene rings is 2. The van der Waals surface area contributed by atoms with E-state index in [1.165, 1.54) is 17.1 Å². The predicted molar refractivity (Wildman–Crippen MR) is 90.3 cm³/mol. The van der Waals surface area contributed by atoms with Gasteiger partial charge in [-0.2, -0.15) is 0 Å². The summed E-state index contributed by atoms with van der Waals surface area (Å²) in [6, 6.07) is 20.4. The van der Waals surface area contributed by atoms with E-state index in [0.717, 1.165) is 6.54 Å². The van der Waals surface area contributed by atoms with Gasteiger partial charge in [0, 0.05) is 0 Å². The van der Waals surface area contributed by atoms with Crippen molar-refractivity contribution < 1.29 is 9.53 Å². The van der Waals surface area contributed by atoms with Crippen LogP contribution >= 0.6 is 0 Å². The van der Waals surface area contributed by atoms with Gasteiger partial charge in [0.1, 0.15) is 0 Å². The van der Waals surface area contributed by atoms with Crippen LogP contribution < -0.4 is 9.78 Å². The van der Waals surface area contributed by atoms with Crippen LogP contribution in [0.2, 0.25) is 4.82 Å². The van der Waals surface area contributed by atoms with Crippen LogP contribution in [0.4, 0.5) is 0 Å². The molecule has 1 N–H and O–H groups in total. The molecule has 0 heterocycles. The second kappa shape index (κ2) is 8.74. The number of methoxy groups -OCH3 is 1. The number of carbonyl (C=O) groups is 1. The molecule has 0 saturated carbocycles. The molecule has 0 spiro atoms. The van der Waals surface area contributed by atoms with Crippen molar-refractivity contribution in [3.05, 3.63) is 66.2 Å². The van der Waals surface area contributed by atoms with Gasteiger partial charge in [0.05, 0.1) is 0 Å². The van der Waals surface area contributed by atoms with Gasteiger partial charge in [0.2, 0.25) is 0 Å². The summed E-state index contributed by atoms with van der Waals surface area (Å²) in [6.45, 7) is 2.80. The van der Waals surface area contributed by atoms with Crippen molar-refractivity contribution in [3.63, 3.8) is 0 Å². The van der Waals surface area contributed by atoms with E-state index in [9.17, 15) is 4.79 Å². The third kappa shape index (κ3) is 4.99. The van der Waals surface area contributed by atoms with Crippen molar-refractivity contribution in [2.75, 3.05) is 7.11 Å². The summed E-state index contributed by atoms with van der Waals surface area (Å²) < 4.78 is 6.20. The summed E-state index contributed by atoms with van der Waals surface area (Å²) in [4.78, 5) is 12.0. The van der Waals surface area contributed by atoms with Gasteiger partial charge in [-0.05, 0) is 0 Å². The molecule has 4 heteroatoms. The van der Waals surface area contributed by atoms with Crippen LogP contribution in [0.1, 0.15) is 12.5 Å². The minimum absolute atomic E-state index is 0.0391. The van der Waals surface area contributed by atoms with E-state index in [1.807, 2.05) is 36.4 Å².